The summed E-state index contributed by atoms with van der Waals surface area (Å²) >= 11 is 0. The van der Waals surface area contributed by atoms with Crippen molar-refractivity contribution in [3.05, 3.63) is 102 Å². The smallest absolute Gasteiger partial charge is 0.244 e. The zero-order valence-corrected chi connectivity index (χ0v) is 19.1. The Balaban J connectivity index is 1.41. The van der Waals surface area contributed by atoms with Crippen molar-refractivity contribution in [1.29, 1.82) is 0 Å². The minimum atomic E-state index is -0.113. The zero-order valence-electron chi connectivity index (χ0n) is 19.1. The second kappa shape index (κ2) is 10.6. The van der Waals surface area contributed by atoms with Crippen LogP contribution in [-0.4, -0.2) is 32.0 Å². The molecule has 2 aromatic heterocycles. The summed E-state index contributed by atoms with van der Waals surface area (Å²) < 4.78 is 3.90. The Kier molecular flexibility index (Phi) is 7.15. The van der Waals surface area contributed by atoms with Gasteiger partial charge in [0.1, 0.15) is 0 Å². The van der Waals surface area contributed by atoms with E-state index in [9.17, 15) is 4.79 Å². The number of nitrogens with one attached hydrogen (secondary N) is 1. The van der Waals surface area contributed by atoms with Gasteiger partial charge in [-0.15, -0.1) is 0 Å². The number of nitrogens with zero attached hydrogens (tertiary/aromatic N) is 4. The lowest BCUT2D eigenvalue weighted by Gasteiger charge is -2.05. The maximum Gasteiger partial charge on any atom is 0.244 e. The lowest BCUT2D eigenvalue weighted by atomic mass is 10.1. The summed E-state index contributed by atoms with van der Waals surface area (Å²) in [4.78, 5) is 12.4. The van der Waals surface area contributed by atoms with E-state index in [4.69, 9.17) is 5.10 Å². The number of aromatic nitrogens is 4. The van der Waals surface area contributed by atoms with Crippen molar-refractivity contribution < 1.29 is 4.79 Å². The molecule has 2 heterocycles. The molecule has 33 heavy (non-hydrogen) atoms. The van der Waals surface area contributed by atoms with Crippen LogP contribution < -0.4 is 5.32 Å². The Labute approximate surface area is 194 Å². The van der Waals surface area contributed by atoms with E-state index in [1.165, 1.54) is 5.56 Å². The maximum absolute atomic E-state index is 12.4. The number of carbonyl (C=O) groups is 1. The predicted octanol–water partition coefficient (Wildman–Crippen LogP) is 4.63. The van der Waals surface area contributed by atoms with Crippen LogP contribution in [0.4, 0.5) is 0 Å². The van der Waals surface area contributed by atoms with Gasteiger partial charge in [-0.3, -0.25) is 14.2 Å². The van der Waals surface area contributed by atoms with Crippen LogP contribution in [0.25, 0.3) is 17.3 Å². The van der Waals surface area contributed by atoms with E-state index in [0.717, 1.165) is 41.2 Å². The summed E-state index contributed by atoms with van der Waals surface area (Å²) in [5.74, 6) is -0.113. The fourth-order valence-corrected chi connectivity index (χ4v) is 3.80. The molecule has 2 aromatic carbocycles. The van der Waals surface area contributed by atoms with Crippen molar-refractivity contribution in [2.24, 2.45) is 0 Å². The molecule has 6 heteroatoms. The molecule has 0 aliphatic carbocycles. The average Bonchev–Trinajstić information content (AvgIpc) is 3.38. The van der Waals surface area contributed by atoms with Gasteiger partial charge >= 0.3 is 0 Å². The summed E-state index contributed by atoms with van der Waals surface area (Å²) in [6.45, 7) is 6.09. The summed E-state index contributed by atoms with van der Waals surface area (Å²) in [5.41, 5.74) is 6.13. The number of carbonyl (C=O) groups excluding carboxylic acids is 1. The number of hydrogen-bond donors (Lipinski definition) is 1. The van der Waals surface area contributed by atoms with Crippen molar-refractivity contribution in [1.82, 2.24) is 24.9 Å². The molecule has 168 valence electrons. The van der Waals surface area contributed by atoms with Crippen LogP contribution in [0.1, 0.15) is 28.9 Å². The minimum absolute atomic E-state index is 0.113. The second-order valence-corrected chi connectivity index (χ2v) is 8.11. The normalized spacial score (nSPS) is 11.2. The van der Waals surface area contributed by atoms with Crippen molar-refractivity contribution in [3.8, 4) is 11.3 Å². The van der Waals surface area contributed by atoms with Crippen molar-refractivity contribution in [2.75, 3.05) is 6.54 Å². The summed E-state index contributed by atoms with van der Waals surface area (Å²) in [5, 5.41) is 12.2. The van der Waals surface area contributed by atoms with Gasteiger partial charge in [0.2, 0.25) is 5.91 Å². The summed E-state index contributed by atoms with van der Waals surface area (Å²) in [6.07, 6.45) is 6.24. The van der Waals surface area contributed by atoms with Crippen molar-refractivity contribution >= 4 is 12.0 Å². The van der Waals surface area contributed by atoms with E-state index in [0.29, 0.717) is 13.1 Å². The molecule has 0 spiro atoms. The van der Waals surface area contributed by atoms with Crippen LogP contribution >= 0.6 is 0 Å². The lowest BCUT2D eigenvalue weighted by molar-refractivity contribution is -0.116. The van der Waals surface area contributed by atoms with E-state index in [2.05, 4.69) is 28.6 Å². The average molecular weight is 440 g/mol. The molecule has 0 saturated carbocycles. The second-order valence-electron chi connectivity index (χ2n) is 8.11. The molecule has 1 N–H and O–H groups in total. The maximum atomic E-state index is 12.4. The van der Waals surface area contributed by atoms with Crippen LogP contribution in [0.3, 0.4) is 0 Å². The molecule has 0 unspecified atom stereocenters. The van der Waals surface area contributed by atoms with E-state index in [1.807, 2.05) is 84.0 Å². The van der Waals surface area contributed by atoms with Crippen LogP contribution in [0.5, 0.6) is 0 Å². The molecular formula is C27H29N5O. The van der Waals surface area contributed by atoms with Gasteiger partial charge in [0.05, 0.1) is 17.9 Å². The molecule has 1 amide bonds. The molecule has 0 bridgehead atoms. The Bertz CT molecular complexity index is 1220. The summed E-state index contributed by atoms with van der Waals surface area (Å²) in [7, 11) is 0. The Morgan fingerprint density at radius 1 is 1.00 bits per heavy atom. The van der Waals surface area contributed by atoms with Crippen LogP contribution in [-0.2, 0) is 17.9 Å². The number of hydrogen-bond acceptors (Lipinski definition) is 3. The highest BCUT2D eigenvalue weighted by Crippen LogP contribution is 2.23. The quantitative estimate of drug-likeness (QED) is 0.305. The van der Waals surface area contributed by atoms with Gasteiger partial charge in [-0.1, -0.05) is 60.7 Å². The van der Waals surface area contributed by atoms with Crippen LogP contribution in [0.15, 0.2) is 79.0 Å². The molecule has 0 atom stereocenters. The van der Waals surface area contributed by atoms with E-state index >= 15 is 0 Å². The topological polar surface area (TPSA) is 64.7 Å². The molecular weight excluding hydrogens is 410 g/mol. The molecule has 0 fully saturated rings. The number of aryl methyl sites for hydroxylation is 3. The molecule has 6 nitrogen and oxygen atoms in total. The minimum Gasteiger partial charge on any atom is -0.352 e. The SMILES string of the molecule is Cc1cc(C)n(CCCNC(=O)/C=C/c2cn(Cc3ccccc3)nc2-c2ccccc2)n1. The number of rotatable bonds is 9. The van der Waals surface area contributed by atoms with Gasteiger partial charge in [-0.05, 0) is 38.0 Å². The van der Waals surface area contributed by atoms with Gasteiger partial charge in [0.25, 0.3) is 0 Å². The fraction of sp³-hybridized carbons (Fsp3) is 0.222. The Morgan fingerprint density at radius 3 is 2.42 bits per heavy atom. The lowest BCUT2D eigenvalue weighted by Crippen LogP contribution is -2.23. The van der Waals surface area contributed by atoms with Gasteiger partial charge in [-0.2, -0.15) is 10.2 Å². The highest BCUT2D eigenvalue weighted by atomic mass is 16.1. The molecule has 0 aliphatic heterocycles. The van der Waals surface area contributed by atoms with Gasteiger partial charge < -0.3 is 5.32 Å². The van der Waals surface area contributed by atoms with Crippen molar-refractivity contribution in [2.45, 2.75) is 33.4 Å². The first-order valence-corrected chi connectivity index (χ1v) is 11.2. The molecule has 0 aliphatic rings. The zero-order chi connectivity index (χ0) is 23.0. The monoisotopic (exact) mass is 439 g/mol. The third-order valence-corrected chi connectivity index (χ3v) is 5.39. The first-order valence-electron chi connectivity index (χ1n) is 11.2. The van der Waals surface area contributed by atoms with E-state index in [-0.39, 0.29) is 5.91 Å². The standard InChI is InChI=1S/C27H29N5O/c1-21-18-22(2)32(29-21)17-9-16-28-26(33)15-14-25-20-31(19-23-10-5-3-6-11-23)30-27(25)24-12-7-4-8-13-24/h3-8,10-15,18,20H,9,16-17,19H2,1-2H3,(H,28,33)/b15-14+. The number of amides is 1. The Hall–Kier alpha value is -3.93. The predicted molar refractivity (Wildman–Crippen MR) is 132 cm³/mol. The fourth-order valence-electron chi connectivity index (χ4n) is 3.80. The molecule has 4 rings (SSSR count). The highest BCUT2D eigenvalue weighted by molar-refractivity contribution is 5.92. The van der Waals surface area contributed by atoms with Crippen LogP contribution in [0.2, 0.25) is 0 Å². The first-order chi connectivity index (χ1) is 16.1. The van der Waals surface area contributed by atoms with E-state index < -0.39 is 0 Å². The van der Waals surface area contributed by atoms with Crippen molar-refractivity contribution in [3.63, 3.8) is 0 Å². The van der Waals surface area contributed by atoms with Gasteiger partial charge in [0.15, 0.2) is 0 Å². The van der Waals surface area contributed by atoms with Crippen LogP contribution in [0, 0.1) is 13.8 Å². The number of benzene rings is 2. The third kappa shape index (κ3) is 6.07. The van der Waals surface area contributed by atoms with Gasteiger partial charge in [-0.25, -0.2) is 0 Å². The largest absolute Gasteiger partial charge is 0.352 e. The molecule has 4 aromatic rings. The third-order valence-electron chi connectivity index (χ3n) is 5.39. The van der Waals surface area contributed by atoms with E-state index in [1.54, 1.807) is 6.08 Å². The van der Waals surface area contributed by atoms with Gasteiger partial charge in [0, 0.05) is 42.2 Å². The first kappa shape index (κ1) is 22.3. The molecule has 0 radical (unpaired) electrons. The highest BCUT2D eigenvalue weighted by Gasteiger charge is 2.10. The Morgan fingerprint density at radius 2 is 1.73 bits per heavy atom. The molecule has 0 saturated heterocycles. The summed E-state index contributed by atoms with van der Waals surface area (Å²) in [6, 6.07) is 22.3.